The van der Waals surface area contributed by atoms with Gasteiger partial charge in [0.15, 0.2) is 11.5 Å². The first-order chi connectivity index (χ1) is 13.0. The molecule has 0 saturated heterocycles. The lowest BCUT2D eigenvalue weighted by Crippen LogP contribution is -2.20. The van der Waals surface area contributed by atoms with Gasteiger partial charge in [-0.05, 0) is 36.3 Å². The Morgan fingerprint density at radius 3 is 2.74 bits per heavy atom. The number of benzene rings is 2. The number of nitrogens with zero attached hydrogens (tertiary/aromatic N) is 2. The van der Waals surface area contributed by atoms with Crippen molar-refractivity contribution in [2.45, 2.75) is 13.0 Å². The van der Waals surface area contributed by atoms with Crippen LogP contribution in [0.4, 0.5) is 0 Å². The minimum atomic E-state index is -0.139. The first-order valence-corrected chi connectivity index (χ1v) is 9.10. The van der Waals surface area contributed by atoms with Crippen molar-refractivity contribution in [2.24, 2.45) is 0 Å². The normalized spacial score (nSPS) is 14.6. The summed E-state index contributed by atoms with van der Waals surface area (Å²) < 4.78 is 12.5. The van der Waals surface area contributed by atoms with Crippen molar-refractivity contribution in [1.29, 1.82) is 0 Å². The van der Waals surface area contributed by atoms with Gasteiger partial charge in [0.2, 0.25) is 0 Å². The number of methoxy groups -OCH3 is 2. The summed E-state index contributed by atoms with van der Waals surface area (Å²) in [5.74, 6) is 1.90. The Bertz CT molecular complexity index is 1150. The Morgan fingerprint density at radius 1 is 1.19 bits per heavy atom. The van der Waals surface area contributed by atoms with Crippen LogP contribution in [0.15, 0.2) is 35.1 Å². The van der Waals surface area contributed by atoms with Gasteiger partial charge in [0, 0.05) is 17.1 Å². The van der Waals surface area contributed by atoms with Crippen LogP contribution in [0, 0.1) is 0 Å². The molecule has 138 valence electrons. The number of halogens is 2. The smallest absolute Gasteiger partial charge is 0.261 e. The van der Waals surface area contributed by atoms with Gasteiger partial charge in [-0.15, -0.1) is 0 Å². The first-order valence-electron chi connectivity index (χ1n) is 8.35. The van der Waals surface area contributed by atoms with Gasteiger partial charge in [-0.1, -0.05) is 35.3 Å². The molecule has 0 spiro atoms. The van der Waals surface area contributed by atoms with Crippen LogP contribution >= 0.6 is 23.2 Å². The van der Waals surface area contributed by atoms with Crippen molar-refractivity contribution in [3.63, 3.8) is 0 Å². The van der Waals surface area contributed by atoms with Gasteiger partial charge in [-0.3, -0.25) is 9.36 Å². The average molecular weight is 403 g/mol. The maximum Gasteiger partial charge on any atom is 0.261 e. The fraction of sp³-hybridized carbons (Fsp3) is 0.200. The Balaban J connectivity index is 1.92. The molecule has 2 aromatic carbocycles. The lowest BCUT2D eigenvalue weighted by atomic mass is 10.1. The number of ether oxygens (including phenoxy) is 2. The van der Waals surface area contributed by atoms with E-state index in [-0.39, 0.29) is 5.56 Å². The number of para-hydroxylation sites is 1. The van der Waals surface area contributed by atoms with Crippen molar-refractivity contribution >= 4 is 45.8 Å². The number of rotatable bonds is 3. The summed E-state index contributed by atoms with van der Waals surface area (Å²) in [6.07, 6.45) is 2.66. The number of fused-ring (bicyclic) bond motifs is 2. The van der Waals surface area contributed by atoms with Gasteiger partial charge >= 0.3 is 0 Å². The molecule has 0 bridgehead atoms. The van der Waals surface area contributed by atoms with Crippen molar-refractivity contribution in [1.82, 2.24) is 9.55 Å². The monoisotopic (exact) mass is 402 g/mol. The molecule has 7 heteroatoms. The van der Waals surface area contributed by atoms with E-state index in [2.05, 4.69) is 4.98 Å². The molecule has 1 aromatic heterocycles. The van der Waals surface area contributed by atoms with Crippen LogP contribution in [0.5, 0.6) is 11.5 Å². The predicted molar refractivity (Wildman–Crippen MR) is 108 cm³/mol. The summed E-state index contributed by atoms with van der Waals surface area (Å²) in [4.78, 5) is 17.5. The maximum absolute atomic E-state index is 12.9. The minimum Gasteiger partial charge on any atom is -0.493 e. The highest BCUT2D eigenvalue weighted by Gasteiger charge is 2.23. The molecular formula is C20H16Cl2N2O3. The number of aromatic nitrogens is 2. The maximum atomic E-state index is 12.9. The Labute approximate surface area is 165 Å². The van der Waals surface area contributed by atoms with E-state index in [0.29, 0.717) is 51.2 Å². The van der Waals surface area contributed by atoms with Crippen LogP contribution in [0.25, 0.3) is 22.6 Å². The average Bonchev–Trinajstić information content (AvgIpc) is 3.05. The lowest BCUT2D eigenvalue weighted by Gasteiger charge is -2.11. The quantitative estimate of drug-likeness (QED) is 0.638. The van der Waals surface area contributed by atoms with E-state index < -0.39 is 0 Å². The second kappa shape index (κ2) is 6.91. The van der Waals surface area contributed by atoms with Gasteiger partial charge < -0.3 is 9.47 Å². The van der Waals surface area contributed by atoms with Crippen LogP contribution < -0.4 is 15.0 Å². The zero-order valence-corrected chi connectivity index (χ0v) is 16.3. The summed E-state index contributed by atoms with van der Waals surface area (Å²) in [6.45, 7) is 0.555. The molecule has 5 nitrogen and oxygen atoms in total. The van der Waals surface area contributed by atoms with E-state index in [1.807, 2.05) is 24.3 Å². The molecule has 0 fully saturated rings. The molecule has 0 amide bonds. The number of hydrogen-bond acceptors (Lipinski definition) is 4. The van der Waals surface area contributed by atoms with E-state index in [0.717, 1.165) is 11.1 Å². The largest absolute Gasteiger partial charge is 0.493 e. The molecule has 2 heterocycles. The molecule has 27 heavy (non-hydrogen) atoms. The molecule has 1 aliphatic heterocycles. The van der Waals surface area contributed by atoms with Crippen molar-refractivity contribution in [3.8, 4) is 11.5 Å². The molecule has 0 atom stereocenters. The van der Waals surface area contributed by atoms with E-state index in [9.17, 15) is 4.79 Å². The second-order valence-corrected chi connectivity index (χ2v) is 7.02. The van der Waals surface area contributed by atoms with E-state index in [4.69, 9.17) is 32.7 Å². The number of allylic oxidation sites excluding steroid dienone is 1. The van der Waals surface area contributed by atoms with Gasteiger partial charge in [0.25, 0.3) is 5.56 Å². The van der Waals surface area contributed by atoms with E-state index in [1.165, 1.54) is 0 Å². The molecule has 0 saturated carbocycles. The van der Waals surface area contributed by atoms with Crippen LogP contribution in [-0.2, 0) is 6.54 Å². The van der Waals surface area contributed by atoms with Crippen LogP contribution in [0.1, 0.15) is 17.8 Å². The van der Waals surface area contributed by atoms with Crippen molar-refractivity contribution in [3.05, 3.63) is 62.1 Å². The third kappa shape index (κ3) is 2.97. The highest BCUT2D eigenvalue weighted by atomic mass is 35.5. The molecule has 0 unspecified atom stereocenters. The molecule has 1 aliphatic rings. The Morgan fingerprint density at radius 2 is 2.00 bits per heavy atom. The molecular weight excluding hydrogens is 387 g/mol. The Hall–Kier alpha value is -2.50. The van der Waals surface area contributed by atoms with Gasteiger partial charge in [0.05, 0.1) is 30.1 Å². The second-order valence-electron chi connectivity index (χ2n) is 6.18. The standard InChI is InChI=1S/C20H16Cl2N2O3/c1-26-16-5-3-4-11(18(16)27-2)8-12-6-7-24-19(12)23-17-14(20(24)25)9-13(21)10-15(17)22/h3-5,8-10H,6-7H2,1-2H3/b12-8+. The topological polar surface area (TPSA) is 53.4 Å². The summed E-state index contributed by atoms with van der Waals surface area (Å²) in [5, 5.41) is 1.21. The van der Waals surface area contributed by atoms with Crippen LogP contribution in [0.2, 0.25) is 10.0 Å². The van der Waals surface area contributed by atoms with E-state index in [1.54, 1.807) is 30.9 Å². The first kappa shape index (κ1) is 17.9. The number of hydrogen-bond donors (Lipinski definition) is 0. The zero-order valence-electron chi connectivity index (χ0n) is 14.8. The molecule has 0 aliphatic carbocycles. The van der Waals surface area contributed by atoms with Crippen molar-refractivity contribution < 1.29 is 9.47 Å². The lowest BCUT2D eigenvalue weighted by molar-refractivity contribution is 0.354. The third-order valence-electron chi connectivity index (χ3n) is 4.63. The van der Waals surface area contributed by atoms with Gasteiger partial charge in [-0.2, -0.15) is 0 Å². The predicted octanol–water partition coefficient (Wildman–Crippen LogP) is 4.66. The highest BCUT2D eigenvalue weighted by Crippen LogP contribution is 2.36. The SMILES string of the molecule is COc1cccc(/C=C2\CCn3c2nc2c(Cl)cc(Cl)cc2c3=O)c1OC. The van der Waals surface area contributed by atoms with Gasteiger partial charge in [0.1, 0.15) is 5.82 Å². The molecule has 0 N–H and O–H groups in total. The van der Waals surface area contributed by atoms with Crippen molar-refractivity contribution in [2.75, 3.05) is 14.2 Å². The molecule has 3 aromatic rings. The zero-order chi connectivity index (χ0) is 19.1. The summed E-state index contributed by atoms with van der Waals surface area (Å²) in [7, 11) is 3.20. The fourth-order valence-corrected chi connectivity index (χ4v) is 3.93. The highest BCUT2D eigenvalue weighted by molar-refractivity contribution is 6.38. The fourth-order valence-electron chi connectivity index (χ4n) is 3.40. The van der Waals surface area contributed by atoms with Crippen LogP contribution in [0.3, 0.4) is 0 Å². The third-order valence-corrected chi connectivity index (χ3v) is 5.14. The molecule has 0 radical (unpaired) electrons. The van der Waals surface area contributed by atoms with Crippen LogP contribution in [-0.4, -0.2) is 23.8 Å². The molecule has 4 rings (SSSR count). The Kier molecular flexibility index (Phi) is 4.58. The minimum absolute atomic E-state index is 0.139. The summed E-state index contributed by atoms with van der Waals surface area (Å²) in [6, 6.07) is 8.87. The summed E-state index contributed by atoms with van der Waals surface area (Å²) in [5.41, 5.74) is 2.12. The summed E-state index contributed by atoms with van der Waals surface area (Å²) >= 11 is 12.3. The van der Waals surface area contributed by atoms with E-state index >= 15 is 0 Å². The van der Waals surface area contributed by atoms with Gasteiger partial charge in [-0.25, -0.2) is 4.98 Å².